The molecule has 0 bridgehead atoms. The lowest BCUT2D eigenvalue weighted by molar-refractivity contribution is -0.120. The van der Waals surface area contributed by atoms with Crippen LogP contribution in [0.2, 0.25) is 0 Å². The van der Waals surface area contributed by atoms with Crippen LogP contribution >= 0.6 is 0 Å². The number of fused-ring (bicyclic) bond motifs is 1. The molecule has 8 nitrogen and oxygen atoms in total. The molecule has 1 saturated heterocycles. The Hall–Kier alpha value is -4.20. The zero-order valence-electron chi connectivity index (χ0n) is 19.6. The Kier molecular flexibility index (Phi) is 6.43. The molecule has 1 aliphatic heterocycles. The fourth-order valence-corrected chi connectivity index (χ4v) is 4.55. The maximum absolute atomic E-state index is 13.6. The predicted octanol–water partition coefficient (Wildman–Crippen LogP) is 3.70. The highest BCUT2D eigenvalue weighted by molar-refractivity contribution is 5.94. The molecular formula is C27H27N5O3. The van der Waals surface area contributed by atoms with Gasteiger partial charge in [-0.2, -0.15) is 0 Å². The summed E-state index contributed by atoms with van der Waals surface area (Å²) in [5.74, 6) is 0.602. The third-order valence-corrected chi connectivity index (χ3v) is 6.32. The molecule has 0 saturated carbocycles. The number of benzene rings is 2. The molecule has 0 aliphatic carbocycles. The Morgan fingerprint density at radius 2 is 1.89 bits per heavy atom. The highest BCUT2D eigenvalue weighted by Crippen LogP contribution is 2.26. The third-order valence-electron chi connectivity index (χ3n) is 6.32. The molecule has 2 aromatic carbocycles. The van der Waals surface area contributed by atoms with Gasteiger partial charge >= 0.3 is 0 Å². The van der Waals surface area contributed by atoms with Crippen molar-refractivity contribution < 1.29 is 9.53 Å². The normalized spacial score (nSPS) is 15.7. The number of rotatable bonds is 6. The van der Waals surface area contributed by atoms with Gasteiger partial charge in [-0.25, -0.2) is 9.97 Å². The second kappa shape index (κ2) is 9.97. The quantitative estimate of drug-likeness (QED) is 0.463. The Balaban J connectivity index is 1.44. The van der Waals surface area contributed by atoms with Gasteiger partial charge in [0, 0.05) is 19.3 Å². The molecule has 4 aromatic rings. The number of methoxy groups -OCH3 is 1. The van der Waals surface area contributed by atoms with Gasteiger partial charge in [-0.3, -0.25) is 14.2 Å². The van der Waals surface area contributed by atoms with Crippen LogP contribution in [-0.4, -0.2) is 40.6 Å². The average Bonchev–Trinajstić information content (AvgIpc) is 2.91. The SMILES string of the molecule is COc1ccccc1NC(=O)C1CCCN(c2nc3cccnc3n(Cc3ccccc3)c2=O)C1. The van der Waals surface area contributed by atoms with Gasteiger partial charge in [0.25, 0.3) is 5.56 Å². The molecule has 1 unspecified atom stereocenters. The van der Waals surface area contributed by atoms with Crippen LogP contribution in [0, 0.1) is 5.92 Å². The minimum Gasteiger partial charge on any atom is -0.495 e. The van der Waals surface area contributed by atoms with E-state index in [1.807, 2.05) is 71.6 Å². The third kappa shape index (κ3) is 4.73. The maximum atomic E-state index is 13.6. The molecule has 178 valence electrons. The summed E-state index contributed by atoms with van der Waals surface area (Å²) in [6.07, 6.45) is 3.20. The molecule has 1 aliphatic rings. The Labute approximate surface area is 203 Å². The van der Waals surface area contributed by atoms with Gasteiger partial charge in [-0.05, 0) is 42.7 Å². The number of nitrogens with one attached hydrogen (secondary N) is 1. The lowest BCUT2D eigenvalue weighted by Gasteiger charge is -2.32. The average molecular weight is 470 g/mol. The van der Waals surface area contributed by atoms with Gasteiger partial charge in [0.1, 0.15) is 11.3 Å². The first-order valence-corrected chi connectivity index (χ1v) is 11.7. The number of amides is 1. The van der Waals surface area contributed by atoms with E-state index in [1.165, 1.54) is 0 Å². The van der Waals surface area contributed by atoms with Gasteiger partial charge in [-0.1, -0.05) is 42.5 Å². The van der Waals surface area contributed by atoms with Crippen molar-refractivity contribution in [2.45, 2.75) is 19.4 Å². The molecule has 1 amide bonds. The number of hydrogen-bond acceptors (Lipinski definition) is 6. The molecule has 0 radical (unpaired) electrons. The van der Waals surface area contributed by atoms with E-state index in [-0.39, 0.29) is 17.4 Å². The van der Waals surface area contributed by atoms with Gasteiger partial charge in [0.2, 0.25) is 5.91 Å². The van der Waals surface area contributed by atoms with E-state index in [0.717, 1.165) is 18.4 Å². The minimum absolute atomic E-state index is 0.0914. The molecule has 5 rings (SSSR count). The van der Waals surface area contributed by atoms with E-state index in [2.05, 4.69) is 15.3 Å². The topological polar surface area (TPSA) is 89.3 Å². The fourth-order valence-electron chi connectivity index (χ4n) is 4.55. The Morgan fingerprint density at radius 3 is 2.71 bits per heavy atom. The van der Waals surface area contributed by atoms with Gasteiger partial charge in [-0.15, -0.1) is 0 Å². The zero-order chi connectivity index (χ0) is 24.2. The summed E-state index contributed by atoms with van der Waals surface area (Å²) >= 11 is 0. The number of nitrogens with zero attached hydrogens (tertiary/aromatic N) is 4. The molecule has 1 N–H and O–H groups in total. The predicted molar refractivity (Wildman–Crippen MR) is 136 cm³/mol. The number of carbonyl (C=O) groups excluding carboxylic acids is 1. The largest absolute Gasteiger partial charge is 0.495 e. The summed E-state index contributed by atoms with van der Waals surface area (Å²) < 4.78 is 7.03. The number of ether oxygens (including phenoxy) is 1. The van der Waals surface area contributed by atoms with E-state index < -0.39 is 0 Å². The number of para-hydroxylation sites is 2. The van der Waals surface area contributed by atoms with Crippen LogP contribution in [-0.2, 0) is 11.3 Å². The molecule has 0 spiro atoms. The molecule has 8 heteroatoms. The summed E-state index contributed by atoms with van der Waals surface area (Å²) in [5, 5.41) is 2.99. The second-order valence-corrected chi connectivity index (χ2v) is 8.63. The van der Waals surface area contributed by atoms with Crippen molar-refractivity contribution in [2.24, 2.45) is 5.92 Å². The number of hydrogen-bond donors (Lipinski definition) is 1. The maximum Gasteiger partial charge on any atom is 0.295 e. The van der Waals surface area contributed by atoms with Crippen molar-refractivity contribution in [1.29, 1.82) is 0 Å². The molecular weight excluding hydrogens is 442 g/mol. The van der Waals surface area contributed by atoms with Crippen LogP contribution in [0.5, 0.6) is 5.75 Å². The number of aromatic nitrogens is 3. The smallest absolute Gasteiger partial charge is 0.295 e. The van der Waals surface area contributed by atoms with Crippen LogP contribution in [0.4, 0.5) is 11.5 Å². The highest BCUT2D eigenvalue weighted by Gasteiger charge is 2.29. The van der Waals surface area contributed by atoms with Crippen LogP contribution in [0.25, 0.3) is 11.2 Å². The first kappa shape index (κ1) is 22.6. The fraction of sp³-hybridized carbons (Fsp3) is 0.259. The standard InChI is InChI=1S/C27H27N5O3/c1-35-23-14-6-5-12-21(23)30-26(33)20-11-8-16-31(18-20)25-27(34)32(17-19-9-3-2-4-10-19)24-22(29-25)13-7-15-28-24/h2-7,9-10,12-15,20H,8,11,16-18H2,1H3,(H,30,33). The van der Waals surface area contributed by atoms with Crippen molar-refractivity contribution in [2.75, 3.05) is 30.4 Å². The van der Waals surface area contributed by atoms with Crippen molar-refractivity contribution in [3.05, 3.63) is 88.8 Å². The lowest BCUT2D eigenvalue weighted by atomic mass is 9.97. The van der Waals surface area contributed by atoms with E-state index in [1.54, 1.807) is 17.9 Å². The minimum atomic E-state index is -0.276. The zero-order valence-corrected chi connectivity index (χ0v) is 19.6. The van der Waals surface area contributed by atoms with Crippen molar-refractivity contribution in [1.82, 2.24) is 14.5 Å². The Morgan fingerprint density at radius 1 is 1.09 bits per heavy atom. The number of pyridine rings is 1. The van der Waals surface area contributed by atoms with E-state index in [4.69, 9.17) is 4.74 Å². The van der Waals surface area contributed by atoms with Crippen LogP contribution in [0.15, 0.2) is 77.7 Å². The van der Waals surface area contributed by atoms with Crippen molar-refractivity contribution >= 4 is 28.6 Å². The monoisotopic (exact) mass is 469 g/mol. The van der Waals surface area contributed by atoms with Gasteiger partial charge in [0.05, 0.1) is 25.3 Å². The van der Waals surface area contributed by atoms with Crippen LogP contribution in [0.1, 0.15) is 18.4 Å². The van der Waals surface area contributed by atoms with E-state index in [0.29, 0.717) is 48.1 Å². The first-order valence-electron chi connectivity index (χ1n) is 11.7. The molecule has 1 fully saturated rings. The molecule has 2 aromatic heterocycles. The van der Waals surface area contributed by atoms with Crippen LogP contribution in [0.3, 0.4) is 0 Å². The summed E-state index contributed by atoms with van der Waals surface area (Å²) in [6.45, 7) is 1.48. The lowest BCUT2D eigenvalue weighted by Crippen LogP contribution is -2.44. The Bertz CT molecular complexity index is 1400. The van der Waals surface area contributed by atoms with Gasteiger partial charge < -0.3 is 15.0 Å². The van der Waals surface area contributed by atoms with Gasteiger partial charge in [0.15, 0.2) is 11.5 Å². The summed E-state index contributed by atoms with van der Waals surface area (Å²) in [5.41, 5.74) is 2.64. The molecule has 3 heterocycles. The first-order chi connectivity index (χ1) is 17.1. The summed E-state index contributed by atoms with van der Waals surface area (Å²) in [6, 6.07) is 20.8. The summed E-state index contributed by atoms with van der Waals surface area (Å²) in [7, 11) is 1.58. The summed E-state index contributed by atoms with van der Waals surface area (Å²) in [4.78, 5) is 37.8. The molecule has 1 atom stereocenters. The van der Waals surface area contributed by atoms with E-state index >= 15 is 0 Å². The number of piperidine rings is 1. The van der Waals surface area contributed by atoms with Crippen molar-refractivity contribution in [3.8, 4) is 5.75 Å². The van der Waals surface area contributed by atoms with Crippen molar-refractivity contribution in [3.63, 3.8) is 0 Å². The second-order valence-electron chi connectivity index (χ2n) is 8.63. The van der Waals surface area contributed by atoms with E-state index in [9.17, 15) is 9.59 Å². The van der Waals surface area contributed by atoms with Crippen LogP contribution < -0.4 is 20.5 Å². The number of anilines is 2. The number of carbonyl (C=O) groups is 1. The highest BCUT2D eigenvalue weighted by atomic mass is 16.5. The molecule has 35 heavy (non-hydrogen) atoms.